The average molecular weight is 203 g/mol. The maximum atomic E-state index is 11.2. The van der Waals surface area contributed by atoms with Crippen molar-refractivity contribution in [2.75, 3.05) is 19.4 Å². The molecule has 0 aliphatic carbocycles. The number of nitrogens with zero attached hydrogens (tertiary/aromatic N) is 1. The average Bonchev–Trinajstić information content (AvgIpc) is 2.10. The predicted molar refractivity (Wildman–Crippen MR) is 56.9 cm³/mol. The molecule has 0 N–H and O–H groups in total. The van der Waals surface area contributed by atoms with Crippen LogP contribution in [0.15, 0.2) is 12.0 Å². The van der Waals surface area contributed by atoms with Gasteiger partial charge < -0.3 is 9.64 Å². The fourth-order valence-corrected chi connectivity index (χ4v) is 0.919. The zero-order chi connectivity index (χ0) is 10.3. The van der Waals surface area contributed by atoms with E-state index >= 15 is 0 Å². The molecule has 4 heteroatoms. The molecule has 0 spiro atoms. The van der Waals surface area contributed by atoms with Gasteiger partial charge in [0.25, 0.3) is 0 Å². The molecule has 0 rings (SSSR count). The molecule has 0 aromatic heterocycles. The maximum absolute atomic E-state index is 11.2. The van der Waals surface area contributed by atoms with E-state index in [-0.39, 0.29) is 12.1 Å². The summed E-state index contributed by atoms with van der Waals surface area (Å²) in [6.45, 7) is 7.88. The van der Waals surface area contributed by atoms with Gasteiger partial charge in [0.1, 0.15) is 6.61 Å². The maximum Gasteiger partial charge on any atom is 0.409 e. The van der Waals surface area contributed by atoms with Crippen LogP contribution in [-0.4, -0.2) is 36.4 Å². The summed E-state index contributed by atoms with van der Waals surface area (Å²) < 4.78 is 4.99. The van der Waals surface area contributed by atoms with E-state index in [1.807, 2.05) is 13.8 Å². The first-order valence-electron chi connectivity index (χ1n) is 4.21. The van der Waals surface area contributed by atoms with Crippen molar-refractivity contribution >= 4 is 17.9 Å². The van der Waals surface area contributed by atoms with Gasteiger partial charge in [0, 0.05) is 18.8 Å². The summed E-state index contributed by atoms with van der Waals surface area (Å²) in [5.41, 5.74) is 0. The molecular formula is C9H17NO2S. The molecule has 0 fully saturated rings. The summed E-state index contributed by atoms with van der Waals surface area (Å²) in [6.07, 6.45) is -0.264. The Kier molecular flexibility index (Phi) is 6.49. The second kappa shape index (κ2) is 6.83. The summed E-state index contributed by atoms with van der Waals surface area (Å²) in [7, 11) is 1.73. The number of hydrogen-bond donors (Lipinski definition) is 0. The van der Waals surface area contributed by atoms with Crippen molar-refractivity contribution in [3.8, 4) is 0 Å². The first-order valence-corrected chi connectivity index (χ1v) is 5.26. The third kappa shape index (κ3) is 5.58. The Morgan fingerprint density at radius 1 is 1.69 bits per heavy atom. The molecule has 1 amide bonds. The lowest BCUT2D eigenvalue weighted by molar-refractivity contribution is 0.108. The minimum absolute atomic E-state index is 0.180. The molecule has 13 heavy (non-hydrogen) atoms. The van der Waals surface area contributed by atoms with Crippen LogP contribution in [0.3, 0.4) is 0 Å². The number of carbonyl (C=O) groups is 1. The van der Waals surface area contributed by atoms with Gasteiger partial charge in [0.15, 0.2) is 0 Å². The van der Waals surface area contributed by atoms with Gasteiger partial charge >= 0.3 is 6.09 Å². The van der Waals surface area contributed by atoms with Crippen LogP contribution >= 0.6 is 11.8 Å². The number of carbonyl (C=O) groups excluding carboxylic acids is 1. The number of rotatable bonds is 5. The van der Waals surface area contributed by atoms with Gasteiger partial charge in [-0.1, -0.05) is 6.58 Å². The Morgan fingerprint density at radius 2 is 2.31 bits per heavy atom. The minimum atomic E-state index is -0.264. The number of hydrogen-bond acceptors (Lipinski definition) is 3. The predicted octanol–water partition coefficient (Wildman–Crippen LogP) is 2.34. The standard InChI is InChI=1S/C9H17NO2S/c1-5-13-7-6-12-9(11)10(4)8(2)3/h5,8H,1,6-7H2,2-4H3. The summed E-state index contributed by atoms with van der Waals surface area (Å²) >= 11 is 1.54. The first kappa shape index (κ1) is 12.4. The van der Waals surface area contributed by atoms with Crippen molar-refractivity contribution in [3.05, 3.63) is 12.0 Å². The van der Waals surface area contributed by atoms with Gasteiger partial charge in [-0.2, -0.15) is 0 Å². The van der Waals surface area contributed by atoms with Gasteiger partial charge in [0.05, 0.1) is 0 Å². The molecule has 0 saturated heterocycles. The van der Waals surface area contributed by atoms with Crippen LogP contribution in [-0.2, 0) is 4.74 Å². The van der Waals surface area contributed by atoms with E-state index in [2.05, 4.69) is 6.58 Å². The second-order valence-corrected chi connectivity index (χ2v) is 3.93. The number of ether oxygens (including phenoxy) is 1. The van der Waals surface area contributed by atoms with E-state index in [0.717, 1.165) is 5.75 Å². The highest BCUT2D eigenvalue weighted by Gasteiger charge is 2.11. The Bertz CT molecular complexity index is 171. The SMILES string of the molecule is C=CSCCOC(=O)N(C)C(C)C. The van der Waals surface area contributed by atoms with E-state index in [0.29, 0.717) is 6.61 Å². The van der Waals surface area contributed by atoms with Crippen LogP contribution in [0.1, 0.15) is 13.8 Å². The van der Waals surface area contributed by atoms with E-state index in [1.54, 1.807) is 17.4 Å². The van der Waals surface area contributed by atoms with Gasteiger partial charge in [-0.3, -0.25) is 0 Å². The Balaban J connectivity index is 3.56. The highest BCUT2D eigenvalue weighted by molar-refractivity contribution is 8.02. The van der Waals surface area contributed by atoms with E-state index < -0.39 is 0 Å². The van der Waals surface area contributed by atoms with Crippen LogP contribution in [0.4, 0.5) is 4.79 Å². The third-order valence-corrected chi connectivity index (χ3v) is 2.25. The molecule has 0 atom stereocenters. The third-order valence-electron chi connectivity index (χ3n) is 1.61. The Morgan fingerprint density at radius 3 is 2.77 bits per heavy atom. The number of thioether (sulfide) groups is 1. The molecule has 0 bridgehead atoms. The molecule has 0 aromatic carbocycles. The molecule has 0 saturated carbocycles. The fourth-order valence-electron chi connectivity index (χ4n) is 0.573. The molecule has 76 valence electrons. The monoisotopic (exact) mass is 203 g/mol. The zero-order valence-corrected chi connectivity index (χ0v) is 9.26. The molecule has 0 aromatic rings. The van der Waals surface area contributed by atoms with Gasteiger partial charge in [-0.05, 0) is 19.3 Å². The van der Waals surface area contributed by atoms with E-state index in [9.17, 15) is 4.79 Å². The highest BCUT2D eigenvalue weighted by atomic mass is 32.2. The Hall–Kier alpha value is -0.640. The lowest BCUT2D eigenvalue weighted by Gasteiger charge is -2.20. The molecule has 0 heterocycles. The second-order valence-electron chi connectivity index (χ2n) is 2.86. The number of amides is 1. The van der Waals surface area contributed by atoms with Gasteiger partial charge in [0.2, 0.25) is 0 Å². The zero-order valence-electron chi connectivity index (χ0n) is 8.45. The van der Waals surface area contributed by atoms with Crippen molar-refractivity contribution in [1.29, 1.82) is 0 Å². The smallest absolute Gasteiger partial charge is 0.409 e. The van der Waals surface area contributed by atoms with Crippen molar-refractivity contribution < 1.29 is 9.53 Å². The molecule has 3 nitrogen and oxygen atoms in total. The quantitative estimate of drug-likeness (QED) is 0.642. The Labute approximate surface area is 84.1 Å². The summed E-state index contributed by atoms with van der Waals surface area (Å²) in [4.78, 5) is 12.8. The molecule has 0 aliphatic heterocycles. The normalized spacial score (nSPS) is 9.85. The van der Waals surface area contributed by atoms with Crippen molar-refractivity contribution in [3.63, 3.8) is 0 Å². The van der Waals surface area contributed by atoms with Gasteiger partial charge in [-0.15, -0.1) is 11.8 Å². The van der Waals surface area contributed by atoms with Crippen molar-refractivity contribution in [2.45, 2.75) is 19.9 Å². The van der Waals surface area contributed by atoms with Crippen LogP contribution in [0.25, 0.3) is 0 Å². The van der Waals surface area contributed by atoms with E-state index in [1.165, 1.54) is 11.8 Å². The molecule has 0 aliphatic rings. The van der Waals surface area contributed by atoms with E-state index in [4.69, 9.17) is 4.74 Å². The fraction of sp³-hybridized carbons (Fsp3) is 0.667. The lowest BCUT2D eigenvalue weighted by Crippen LogP contribution is -2.33. The highest BCUT2D eigenvalue weighted by Crippen LogP contribution is 2.01. The van der Waals surface area contributed by atoms with Crippen molar-refractivity contribution in [2.24, 2.45) is 0 Å². The van der Waals surface area contributed by atoms with Crippen LogP contribution in [0.5, 0.6) is 0 Å². The largest absolute Gasteiger partial charge is 0.449 e. The summed E-state index contributed by atoms with van der Waals surface area (Å²) in [5, 5.41) is 1.74. The van der Waals surface area contributed by atoms with Crippen LogP contribution in [0, 0.1) is 0 Å². The first-order chi connectivity index (χ1) is 6.09. The minimum Gasteiger partial charge on any atom is -0.449 e. The van der Waals surface area contributed by atoms with Gasteiger partial charge in [-0.25, -0.2) is 4.79 Å². The van der Waals surface area contributed by atoms with Crippen molar-refractivity contribution in [1.82, 2.24) is 4.90 Å². The molecule has 0 radical (unpaired) electrons. The topological polar surface area (TPSA) is 29.5 Å². The lowest BCUT2D eigenvalue weighted by atomic mass is 10.4. The summed E-state index contributed by atoms with van der Waals surface area (Å²) in [5.74, 6) is 0.765. The summed E-state index contributed by atoms with van der Waals surface area (Å²) in [6, 6.07) is 0.180. The molecular weight excluding hydrogens is 186 g/mol. The van der Waals surface area contributed by atoms with Crippen LogP contribution in [0.2, 0.25) is 0 Å². The van der Waals surface area contributed by atoms with Crippen LogP contribution < -0.4 is 0 Å². The molecule has 0 unspecified atom stereocenters.